The van der Waals surface area contributed by atoms with E-state index in [0.717, 1.165) is 19.3 Å². The van der Waals surface area contributed by atoms with Gasteiger partial charge in [0.15, 0.2) is 0 Å². The first-order chi connectivity index (χ1) is 9.61. The van der Waals surface area contributed by atoms with Gasteiger partial charge >= 0.3 is 12.0 Å². The minimum atomic E-state index is -0.910. The van der Waals surface area contributed by atoms with Crippen molar-refractivity contribution < 1.29 is 19.8 Å². The van der Waals surface area contributed by atoms with E-state index in [1.807, 2.05) is 0 Å². The minimum absolute atomic E-state index is 0.0248. The van der Waals surface area contributed by atoms with Crippen molar-refractivity contribution in [1.29, 1.82) is 0 Å². The van der Waals surface area contributed by atoms with E-state index >= 15 is 0 Å². The number of nitrogens with zero attached hydrogens (tertiary/aromatic N) is 2. The van der Waals surface area contributed by atoms with Gasteiger partial charge in [0, 0.05) is 31.4 Å². The first-order valence-corrected chi connectivity index (χ1v) is 8.19. The van der Waals surface area contributed by atoms with Gasteiger partial charge in [0.25, 0.3) is 0 Å². The van der Waals surface area contributed by atoms with Crippen LogP contribution in [0.25, 0.3) is 0 Å². The van der Waals surface area contributed by atoms with Gasteiger partial charge in [-0.3, -0.25) is 4.90 Å². The summed E-state index contributed by atoms with van der Waals surface area (Å²) >= 11 is 1.60. The lowest BCUT2D eigenvalue weighted by Crippen LogP contribution is -2.51. The molecule has 1 saturated carbocycles. The van der Waals surface area contributed by atoms with Crippen LogP contribution in [0, 0.1) is 11.8 Å². The third kappa shape index (κ3) is 2.48. The molecule has 7 heteroatoms. The van der Waals surface area contributed by atoms with Crippen LogP contribution in [0.4, 0.5) is 4.79 Å². The summed E-state index contributed by atoms with van der Waals surface area (Å²) in [5, 5.41) is 18.5. The second-order valence-electron chi connectivity index (χ2n) is 5.89. The Kier molecular flexibility index (Phi) is 3.81. The van der Waals surface area contributed by atoms with Crippen LogP contribution in [-0.2, 0) is 4.79 Å². The predicted octanol–water partition coefficient (Wildman–Crippen LogP) is 0.659. The zero-order chi connectivity index (χ0) is 14.3. The summed E-state index contributed by atoms with van der Waals surface area (Å²) in [7, 11) is 0. The number of aliphatic hydroxyl groups is 1. The Labute approximate surface area is 122 Å². The van der Waals surface area contributed by atoms with E-state index in [1.165, 1.54) is 0 Å². The van der Waals surface area contributed by atoms with Gasteiger partial charge in [0.2, 0.25) is 0 Å². The fourth-order valence-corrected chi connectivity index (χ4v) is 4.65. The van der Waals surface area contributed by atoms with Gasteiger partial charge in [0.05, 0.1) is 5.37 Å². The number of carboxylic acid groups (broad SMARTS) is 1. The van der Waals surface area contributed by atoms with Gasteiger partial charge in [-0.1, -0.05) is 0 Å². The molecule has 3 fully saturated rings. The Hall–Kier alpha value is -0.950. The smallest absolute Gasteiger partial charge is 0.327 e. The molecule has 6 nitrogen and oxygen atoms in total. The van der Waals surface area contributed by atoms with Crippen molar-refractivity contribution in [2.24, 2.45) is 11.8 Å². The number of carbonyl (C=O) groups is 2. The average molecular weight is 300 g/mol. The third-order valence-electron chi connectivity index (χ3n) is 4.38. The Morgan fingerprint density at radius 1 is 1.25 bits per heavy atom. The maximum absolute atomic E-state index is 12.7. The van der Waals surface area contributed by atoms with Gasteiger partial charge in [-0.25, -0.2) is 9.59 Å². The zero-order valence-electron chi connectivity index (χ0n) is 11.3. The van der Waals surface area contributed by atoms with Crippen molar-refractivity contribution in [1.82, 2.24) is 9.80 Å². The van der Waals surface area contributed by atoms with E-state index in [2.05, 4.69) is 0 Å². The molecule has 2 aliphatic heterocycles. The van der Waals surface area contributed by atoms with Crippen LogP contribution < -0.4 is 0 Å². The number of urea groups is 1. The Morgan fingerprint density at radius 3 is 2.55 bits per heavy atom. The molecule has 2 amide bonds. The number of amides is 2. The molecule has 112 valence electrons. The number of likely N-dealkylation sites (tertiary alicyclic amines) is 1. The molecular weight excluding hydrogens is 280 g/mol. The molecule has 0 aromatic heterocycles. The minimum Gasteiger partial charge on any atom is -0.480 e. The molecule has 2 heterocycles. The molecule has 3 rings (SSSR count). The number of aliphatic carboxylic acids is 1. The molecule has 2 saturated heterocycles. The van der Waals surface area contributed by atoms with Gasteiger partial charge in [0.1, 0.15) is 6.04 Å². The summed E-state index contributed by atoms with van der Waals surface area (Å²) in [5.41, 5.74) is 0. The molecule has 3 aliphatic rings. The second kappa shape index (κ2) is 5.44. The average Bonchev–Trinajstić information content (AvgIpc) is 3.02. The van der Waals surface area contributed by atoms with Gasteiger partial charge in [-0.05, 0) is 25.2 Å². The molecule has 0 aromatic carbocycles. The molecule has 0 bridgehead atoms. The van der Waals surface area contributed by atoms with Crippen molar-refractivity contribution in [2.45, 2.75) is 30.7 Å². The lowest BCUT2D eigenvalue weighted by molar-refractivity contribution is -0.141. The number of rotatable bonds is 3. The van der Waals surface area contributed by atoms with Crippen molar-refractivity contribution >= 4 is 23.8 Å². The van der Waals surface area contributed by atoms with Crippen LogP contribution in [0.1, 0.15) is 19.3 Å². The summed E-state index contributed by atoms with van der Waals surface area (Å²) in [4.78, 5) is 27.3. The van der Waals surface area contributed by atoms with Crippen molar-refractivity contribution in [3.05, 3.63) is 0 Å². The van der Waals surface area contributed by atoms with Gasteiger partial charge in [-0.15, -0.1) is 11.8 Å². The molecule has 3 atom stereocenters. The highest BCUT2D eigenvalue weighted by Gasteiger charge is 2.49. The van der Waals surface area contributed by atoms with Crippen molar-refractivity contribution in [3.8, 4) is 0 Å². The highest BCUT2D eigenvalue weighted by molar-refractivity contribution is 8.00. The Morgan fingerprint density at radius 2 is 2.00 bits per heavy atom. The monoisotopic (exact) mass is 300 g/mol. The fourth-order valence-electron chi connectivity index (χ4n) is 3.02. The molecular formula is C13H20N2O4S. The molecule has 0 aromatic rings. The van der Waals surface area contributed by atoms with Crippen molar-refractivity contribution in [2.75, 3.05) is 25.4 Å². The number of aliphatic hydroxyl groups excluding tert-OH is 1. The van der Waals surface area contributed by atoms with Crippen LogP contribution in [-0.4, -0.2) is 68.9 Å². The lowest BCUT2D eigenvalue weighted by atomic mass is 10.1. The maximum atomic E-state index is 12.7. The van der Waals surface area contributed by atoms with E-state index in [0.29, 0.717) is 24.8 Å². The molecule has 0 spiro atoms. The van der Waals surface area contributed by atoms with E-state index in [9.17, 15) is 19.8 Å². The topological polar surface area (TPSA) is 81.1 Å². The van der Waals surface area contributed by atoms with Crippen LogP contribution in [0.15, 0.2) is 0 Å². The van der Waals surface area contributed by atoms with Gasteiger partial charge < -0.3 is 15.1 Å². The fraction of sp³-hybridized carbons (Fsp3) is 0.846. The quantitative estimate of drug-likeness (QED) is 0.800. The third-order valence-corrected chi connectivity index (χ3v) is 5.84. The summed E-state index contributed by atoms with van der Waals surface area (Å²) in [6, 6.07) is -0.860. The Bertz CT molecular complexity index is 415. The van der Waals surface area contributed by atoms with Crippen LogP contribution in [0.5, 0.6) is 0 Å². The van der Waals surface area contributed by atoms with Crippen LogP contribution >= 0.6 is 11.8 Å². The zero-order valence-corrected chi connectivity index (χ0v) is 12.1. The summed E-state index contributed by atoms with van der Waals surface area (Å²) in [6.45, 7) is 1.25. The number of carboxylic acids is 1. The standard InChI is InChI=1S/C13H20N2O4S/c16-6-8-3-4-14(5-8)13(19)15-10(12(17)18)7-20-11(15)9-1-2-9/h8-11,16H,1-7H2,(H,17,18). The number of hydrogen-bond donors (Lipinski definition) is 2. The maximum Gasteiger partial charge on any atom is 0.327 e. The Balaban J connectivity index is 1.73. The largest absolute Gasteiger partial charge is 0.480 e. The summed E-state index contributed by atoms with van der Waals surface area (Å²) in [5.74, 6) is 0.174. The van der Waals surface area contributed by atoms with Crippen LogP contribution in [0.2, 0.25) is 0 Å². The van der Waals surface area contributed by atoms with Crippen LogP contribution in [0.3, 0.4) is 0 Å². The molecule has 0 radical (unpaired) electrons. The first kappa shape index (κ1) is 14.0. The molecule has 2 N–H and O–H groups in total. The van der Waals surface area contributed by atoms with E-state index in [4.69, 9.17) is 0 Å². The van der Waals surface area contributed by atoms with E-state index in [-0.39, 0.29) is 23.9 Å². The molecule has 1 aliphatic carbocycles. The number of carbonyl (C=O) groups excluding carboxylic acids is 1. The van der Waals surface area contributed by atoms with E-state index < -0.39 is 12.0 Å². The second-order valence-corrected chi connectivity index (χ2v) is 7.04. The highest BCUT2D eigenvalue weighted by Crippen LogP contribution is 2.46. The van der Waals surface area contributed by atoms with Gasteiger partial charge in [-0.2, -0.15) is 0 Å². The number of hydrogen-bond acceptors (Lipinski definition) is 4. The van der Waals surface area contributed by atoms with Crippen molar-refractivity contribution in [3.63, 3.8) is 0 Å². The normalized spacial score (nSPS) is 33.8. The molecule has 3 unspecified atom stereocenters. The summed E-state index contributed by atoms with van der Waals surface area (Å²) < 4.78 is 0. The molecule has 20 heavy (non-hydrogen) atoms. The number of thioether (sulfide) groups is 1. The van der Waals surface area contributed by atoms with E-state index in [1.54, 1.807) is 21.6 Å². The lowest BCUT2D eigenvalue weighted by Gasteiger charge is -2.31. The predicted molar refractivity (Wildman–Crippen MR) is 74.4 cm³/mol. The first-order valence-electron chi connectivity index (χ1n) is 7.14. The highest BCUT2D eigenvalue weighted by atomic mass is 32.2. The summed E-state index contributed by atoms with van der Waals surface area (Å²) in [6.07, 6.45) is 2.98. The SMILES string of the molecule is O=C(O)C1CSC(C2CC2)N1C(=O)N1CCC(CO)C1.